The third kappa shape index (κ3) is 6.61. The summed E-state index contributed by atoms with van der Waals surface area (Å²) in [6.45, 7) is 5.07. The van der Waals surface area contributed by atoms with E-state index in [-0.39, 0.29) is 42.3 Å². The van der Waals surface area contributed by atoms with Crippen molar-refractivity contribution >= 4 is 18.1 Å². The van der Waals surface area contributed by atoms with Crippen LogP contribution in [0.3, 0.4) is 0 Å². The molecule has 194 valence electrons. The molecule has 0 bridgehead atoms. The summed E-state index contributed by atoms with van der Waals surface area (Å²) in [5.41, 5.74) is 2.80. The number of pyridine rings is 1. The molecule has 3 aromatic rings. The van der Waals surface area contributed by atoms with E-state index >= 15 is 0 Å². The second-order valence-corrected chi connectivity index (χ2v) is 9.78. The lowest BCUT2D eigenvalue weighted by Gasteiger charge is -2.37. The lowest BCUT2D eigenvalue weighted by molar-refractivity contribution is 0.0324. The maximum atomic E-state index is 14.2. The fraction of sp³-hybridized carbons (Fsp3) is 0.333. The number of aromatic nitrogens is 1. The minimum Gasteiger partial charge on any atom is -0.472 e. The summed E-state index contributed by atoms with van der Waals surface area (Å²) in [6, 6.07) is 18.1. The van der Waals surface area contributed by atoms with E-state index in [2.05, 4.69) is 4.98 Å². The van der Waals surface area contributed by atoms with Crippen molar-refractivity contribution in [1.29, 1.82) is 0 Å². The van der Waals surface area contributed by atoms with Gasteiger partial charge in [0.2, 0.25) is 5.88 Å². The average molecular weight is 504 g/mol. The summed E-state index contributed by atoms with van der Waals surface area (Å²) in [7, 11) is 1.92. The second-order valence-electron chi connectivity index (χ2n) is 9.78. The minimum atomic E-state index is -0.360. The molecule has 3 atom stereocenters. The van der Waals surface area contributed by atoms with Crippen molar-refractivity contribution in [3.8, 4) is 5.88 Å². The van der Waals surface area contributed by atoms with Gasteiger partial charge in [-0.15, -0.1) is 0 Å². The number of aliphatic hydroxyl groups excluding tert-OH is 1. The molecule has 2 aromatic carbocycles. The van der Waals surface area contributed by atoms with Gasteiger partial charge in [-0.25, -0.2) is 9.37 Å². The number of rotatable bonds is 8. The van der Waals surface area contributed by atoms with Gasteiger partial charge in [-0.1, -0.05) is 67.6 Å². The summed E-state index contributed by atoms with van der Waals surface area (Å²) in [4.78, 5) is 21.8. The molecule has 0 aliphatic carbocycles. The first kappa shape index (κ1) is 26.5. The number of fused-ring (bicyclic) bond motifs is 1. The number of benzene rings is 2. The van der Waals surface area contributed by atoms with Crippen LogP contribution in [0.1, 0.15) is 40.9 Å². The first-order valence-electron chi connectivity index (χ1n) is 12.6. The molecule has 1 aliphatic rings. The third-order valence-electron chi connectivity index (χ3n) is 6.70. The van der Waals surface area contributed by atoms with Gasteiger partial charge < -0.3 is 14.7 Å². The van der Waals surface area contributed by atoms with Crippen molar-refractivity contribution in [2.24, 2.45) is 5.92 Å². The first-order chi connectivity index (χ1) is 17.9. The third-order valence-corrected chi connectivity index (χ3v) is 6.70. The molecular weight excluding hydrogens is 469 g/mol. The number of nitrogens with zero attached hydrogens (tertiary/aromatic N) is 3. The van der Waals surface area contributed by atoms with Gasteiger partial charge in [-0.3, -0.25) is 9.69 Å². The molecule has 37 heavy (non-hydrogen) atoms. The summed E-state index contributed by atoms with van der Waals surface area (Å²) in [5, 5.41) is 9.87. The number of carbonyl (C=O) groups is 1. The van der Waals surface area contributed by atoms with Gasteiger partial charge in [-0.05, 0) is 37.2 Å². The lowest BCUT2D eigenvalue weighted by Crippen LogP contribution is -2.49. The van der Waals surface area contributed by atoms with E-state index < -0.39 is 0 Å². The van der Waals surface area contributed by atoms with Crippen molar-refractivity contribution in [2.45, 2.75) is 32.5 Å². The van der Waals surface area contributed by atoms with Crippen molar-refractivity contribution in [3.05, 3.63) is 94.9 Å². The lowest BCUT2D eigenvalue weighted by atomic mass is 9.99. The topological polar surface area (TPSA) is 65.9 Å². The molecule has 0 saturated carbocycles. The smallest absolute Gasteiger partial charge is 0.259 e. The summed E-state index contributed by atoms with van der Waals surface area (Å²) >= 11 is 0. The van der Waals surface area contributed by atoms with Crippen molar-refractivity contribution in [2.75, 3.05) is 26.7 Å². The normalized spacial score (nSPS) is 18.9. The summed E-state index contributed by atoms with van der Waals surface area (Å²) in [6.07, 6.45) is 5.28. The van der Waals surface area contributed by atoms with Crippen LogP contribution in [0.15, 0.2) is 66.9 Å². The molecule has 0 fully saturated rings. The maximum Gasteiger partial charge on any atom is 0.259 e. The van der Waals surface area contributed by atoms with Crippen LogP contribution in [0.25, 0.3) is 12.2 Å². The quantitative estimate of drug-likeness (QED) is 0.481. The van der Waals surface area contributed by atoms with Crippen LogP contribution in [0, 0.1) is 11.7 Å². The molecule has 1 aliphatic heterocycles. The Morgan fingerprint density at radius 1 is 1.16 bits per heavy atom. The predicted octanol–water partition coefficient (Wildman–Crippen LogP) is 4.74. The van der Waals surface area contributed by atoms with Crippen LogP contribution < -0.4 is 4.74 Å². The fourth-order valence-electron chi connectivity index (χ4n) is 4.47. The van der Waals surface area contributed by atoms with Gasteiger partial charge >= 0.3 is 0 Å². The van der Waals surface area contributed by atoms with Gasteiger partial charge in [0.15, 0.2) is 0 Å². The summed E-state index contributed by atoms with van der Waals surface area (Å²) < 4.78 is 20.6. The molecule has 0 spiro atoms. The molecular formula is C30H34FN3O3. The minimum absolute atomic E-state index is 0.0476. The highest BCUT2D eigenvalue weighted by atomic mass is 19.1. The molecule has 2 heterocycles. The van der Waals surface area contributed by atoms with E-state index in [1.807, 2.05) is 74.3 Å². The molecule has 4 rings (SSSR count). The van der Waals surface area contributed by atoms with E-state index in [0.717, 1.165) is 11.1 Å². The number of likely N-dealkylation sites (N-methyl/N-ethyl adjacent to an activating group) is 1. The van der Waals surface area contributed by atoms with Gasteiger partial charge in [-0.2, -0.15) is 0 Å². The van der Waals surface area contributed by atoms with Crippen LogP contribution in [-0.2, 0) is 6.54 Å². The largest absolute Gasteiger partial charge is 0.472 e. The molecule has 0 radical (unpaired) electrons. The Hall–Kier alpha value is -3.55. The van der Waals surface area contributed by atoms with E-state index in [0.29, 0.717) is 30.8 Å². The average Bonchev–Trinajstić information content (AvgIpc) is 2.91. The van der Waals surface area contributed by atoms with Crippen molar-refractivity contribution < 1.29 is 19.0 Å². The molecule has 1 amide bonds. The van der Waals surface area contributed by atoms with Crippen molar-refractivity contribution in [3.63, 3.8) is 0 Å². The molecule has 0 unspecified atom stereocenters. The number of hydrogen-bond acceptors (Lipinski definition) is 5. The molecule has 0 saturated heterocycles. The van der Waals surface area contributed by atoms with Crippen molar-refractivity contribution in [1.82, 2.24) is 14.8 Å². The number of amides is 1. The predicted molar refractivity (Wildman–Crippen MR) is 144 cm³/mol. The monoisotopic (exact) mass is 503 g/mol. The van der Waals surface area contributed by atoms with Crippen LogP contribution in [0.2, 0.25) is 0 Å². The van der Waals surface area contributed by atoms with E-state index in [9.17, 15) is 14.3 Å². The van der Waals surface area contributed by atoms with Crippen LogP contribution in [0.4, 0.5) is 4.39 Å². The highest BCUT2D eigenvalue weighted by Crippen LogP contribution is 2.28. The van der Waals surface area contributed by atoms with Crippen LogP contribution in [0.5, 0.6) is 5.88 Å². The maximum absolute atomic E-state index is 14.2. The number of hydrogen-bond donors (Lipinski definition) is 1. The molecule has 6 nitrogen and oxygen atoms in total. The number of ether oxygens (including phenoxy) is 1. The first-order valence-corrected chi connectivity index (χ1v) is 12.6. The standard InChI is InChI=1S/C30H34FN3O3/c1-21-17-34(22(2)20-35)30(36)26-15-24(14-13-23-9-5-4-6-10-23)16-32-29(26)37-28(21)19-33(3)18-25-11-7-8-12-27(25)31/h4-16,21-22,28,35H,17-20H2,1-3H3/b14-13+/t21-,22-,28+/m1/s1. The van der Waals surface area contributed by atoms with Gasteiger partial charge in [0.25, 0.3) is 5.91 Å². The Balaban J connectivity index is 1.61. The van der Waals surface area contributed by atoms with Crippen LogP contribution >= 0.6 is 0 Å². The molecule has 7 heteroatoms. The zero-order valence-corrected chi connectivity index (χ0v) is 21.5. The Morgan fingerprint density at radius 3 is 2.59 bits per heavy atom. The van der Waals surface area contributed by atoms with Gasteiger partial charge in [0.05, 0.1) is 12.6 Å². The number of aliphatic hydroxyl groups is 1. The Morgan fingerprint density at radius 2 is 1.86 bits per heavy atom. The Labute approximate surface area is 218 Å². The second kappa shape index (κ2) is 12.1. The van der Waals surface area contributed by atoms with E-state index in [1.54, 1.807) is 29.3 Å². The highest BCUT2D eigenvalue weighted by Gasteiger charge is 2.34. The molecule has 1 aromatic heterocycles. The van der Waals surface area contributed by atoms with Crippen LogP contribution in [-0.4, -0.2) is 64.7 Å². The van der Waals surface area contributed by atoms with Gasteiger partial charge in [0, 0.05) is 37.3 Å². The molecule has 1 N–H and O–H groups in total. The summed E-state index contributed by atoms with van der Waals surface area (Å²) in [5.74, 6) is -0.233. The zero-order valence-electron chi connectivity index (χ0n) is 21.5. The number of carbonyl (C=O) groups excluding carboxylic acids is 1. The zero-order chi connectivity index (χ0) is 26.4. The SMILES string of the molecule is C[C@@H]1CN([C@H](C)CO)C(=O)c2cc(/C=C/c3ccccc3)cnc2O[C@H]1CN(C)Cc1ccccc1F. The Kier molecular flexibility index (Phi) is 8.69. The van der Waals surface area contributed by atoms with E-state index in [1.165, 1.54) is 6.07 Å². The van der Waals surface area contributed by atoms with E-state index in [4.69, 9.17) is 4.74 Å². The highest BCUT2D eigenvalue weighted by molar-refractivity contribution is 5.97. The number of halogens is 1. The fourth-order valence-corrected chi connectivity index (χ4v) is 4.47. The Bertz CT molecular complexity index is 1230. The van der Waals surface area contributed by atoms with Gasteiger partial charge in [0.1, 0.15) is 17.5 Å².